The van der Waals surface area contributed by atoms with E-state index in [4.69, 9.17) is 15.9 Å². The quantitative estimate of drug-likeness (QED) is 0.296. The van der Waals surface area contributed by atoms with E-state index in [-0.39, 0.29) is 0 Å². The van der Waals surface area contributed by atoms with Crippen molar-refractivity contribution in [2.24, 2.45) is 5.73 Å². The van der Waals surface area contributed by atoms with Crippen LogP contribution in [0.1, 0.15) is 37.8 Å². The summed E-state index contributed by atoms with van der Waals surface area (Å²) < 4.78 is 42.5. The van der Waals surface area contributed by atoms with E-state index in [1.165, 1.54) is 0 Å². The van der Waals surface area contributed by atoms with E-state index in [0.717, 1.165) is 24.7 Å². The average molecular weight is 376 g/mol. The summed E-state index contributed by atoms with van der Waals surface area (Å²) in [7, 11) is 0. The minimum atomic E-state index is -4.71. The summed E-state index contributed by atoms with van der Waals surface area (Å²) in [5.41, 5.74) is 6.38. The third kappa shape index (κ3) is 8.43. The fourth-order valence-electron chi connectivity index (χ4n) is 1.80. The van der Waals surface area contributed by atoms with Crippen LogP contribution in [0.4, 0.5) is 13.2 Å². The molecule has 0 spiro atoms. The number of benzene rings is 1. The molecule has 27 heavy (non-hydrogen) atoms. The minimum absolute atomic E-state index is 0.347. The van der Waals surface area contributed by atoms with E-state index in [9.17, 15) is 13.2 Å². The van der Waals surface area contributed by atoms with Gasteiger partial charge in [-0.3, -0.25) is 5.41 Å². The van der Waals surface area contributed by atoms with Crippen molar-refractivity contribution < 1.29 is 17.9 Å². The van der Waals surface area contributed by atoms with Crippen molar-refractivity contribution in [3.8, 4) is 17.6 Å². The fraction of sp³-hybridized carbons (Fsp3) is 0.286. The SMILES string of the molecule is CCCC#Cc1ccc(/C=C/C=C(\C)CN)c(O/C=C/C(=N)C(F)(F)F)c1. The second kappa shape index (κ2) is 11.0. The van der Waals surface area contributed by atoms with Crippen LogP contribution in [-0.2, 0) is 0 Å². The maximum atomic E-state index is 12.4. The Morgan fingerprint density at radius 1 is 1.33 bits per heavy atom. The zero-order valence-electron chi connectivity index (χ0n) is 15.4. The number of nitrogens with one attached hydrogen (secondary N) is 1. The molecule has 0 heterocycles. The Morgan fingerprint density at radius 2 is 2.07 bits per heavy atom. The van der Waals surface area contributed by atoms with Crippen molar-refractivity contribution in [1.82, 2.24) is 0 Å². The van der Waals surface area contributed by atoms with Crippen molar-refractivity contribution in [2.75, 3.05) is 6.54 Å². The second-order valence-electron chi connectivity index (χ2n) is 5.71. The molecule has 0 fully saturated rings. The smallest absolute Gasteiger partial charge is 0.432 e. The summed E-state index contributed by atoms with van der Waals surface area (Å²) >= 11 is 0. The summed E-state index contributed by atoms with van der Waals surface area (Å²) in [6, 6.07) is 5.25. The third-order valence-corrected chi connectivity index (χ3v) is 3.33. The first kappa shape index (κ1) is 22.3. The zero-order valence-corrected chi connectivity index (χ0v) is 15.4. The van der Waals surface area contributed by atoms with Crippen LogP contribution in [0.15, 0.2) is 48.3 Å². The van der Waals surface area contributed by atoms with Gasteiger partial charge in [0.15, 0.2) is 0 Å². The van der Waals surface area contributed by atoms with Gasteiger partial charge in [-0.2, -0.15) is 13.2 Å². The Hall–Kier alpha value is -2.78. The molecule has 0 atom stereocenters. The Labute approximate surface area is 157 Å². The van der Waals surface area contributed by atoms with Crippen molar-refractivity contribution >= 4 is 11.8 Å². The predicted molar refractivity (Wildman–Crippen MR) is 104 cm³/mol. The van der Waals surface area contributed by atoms with Gasteiger partial charge in [-0.25, -0.2) is 0 Å². The molecule has 0 radical (unpaired) electrons. The van der Waals surface area contributed by atoms with E-state index in [1.54, 1.807) is 24.3 Å². The molecule has 1 aromatic carbocycles. The Kier molecular flexibility index (Phi) is 9.11. The van der Waals surface area contributed by atoms with E-state index >= 15 is 0 Å². The van der Waals surface area contributed by atoms with Gasteiger partial charge >= 0.3 is 6.18 Å². The number of hydrogen-bond acceptors (Lipinski definition) is 3. The lowest BCUT2D eigenvalue weighted by molar-refractivity contribution is -0.0584. The first-order valence-electron chi connectivity index (χ1n) is 8.43. The van der Waals surface area contributed by atoms with Crippen LogP contribution in [0.2, 0.25) is 0 Å². The van der Waals surface area contributed by atoms with Crippen LogP contribution in [-0.4, -0.2) is 18.4 Å². The van der Waals surface area contributed by atoms with Gasteiger partial charge < -0.3 is 10.5 Å². The molecule has 0 saturated heterocycles. The van der Waals surface area contributed by atoms with Crippen molar-refractivity contribution in [3.05, 3.63) is 59.4 Å². The summed E-state index contributed by atoms with van der Waals surface area (Å²) in [5, 5.41) is 6.95. The Morgan fingerprint density at radius 3 is 2.70 bits per heavy atom. The maximum absolute atomic E-state index is 12.4. The molecule has 0 aliphatic heterocycles. The lowest BCUT2D eigenvalue weighted by Crippen LogP contribution is -2.19. The molecule has 0 saturated carbocycles. The van der Waals surface area contributed by atoms with Crippen LogP contribution in [0.3, 0.4) is 0 Å². The number of unbranched alkanes of at least 4 members (excludes halogenated alkanes) is 1. The second-order valence-corrected chi connectivity index (χ2v) is 5.71. The average Bonchev–Trinajstić information content (AvgIpc) is 2.62. The number of nitrogens with two attached hydrogens (primary N) is 1. The maximum Gasteiger partial charge on any atom is 0.432 e. The Balaban J connectivity index is 3.10. The van der Waals surface area contributed by atoms with Gasteiger partial charge in [0, 0.05) is 30.2 Å². The molecule has 0 unspecified atom stereocenters. The van der Waals surface area contributed by atoms with Gasteiger partial charge in [0.05, 0.1) is 6.26 Å². The highest BCUT2D eigenvalue weighted by atomic mass is 19.4. The van der Waals surface area contributed by atoms with Crippen LogP contribution in [0, 0.1) is 17.3 Å². The predicted octanol–water partition coefficient (Wildman–Crippen LogP) is 5.23. The van der Waals surface area contributed by atoms with Gasteiger partial charge in [-0.1, -0.05) is 42.6 Å². The summed E-state index contributed by atoms with van der Waals surface area (Å²) in [5.74, 6) is 6.35. The molecule has 0 aliphatic rings. The summed E-state index contributed by atoms with van der Waals surface area (Å²) in [6.07, 6.45) is 3.80. The molecule has 3 nitrogen and oxygen atoms in total. The number of ether oxygens (including phenoxy) is 1. The highest BCUT2D eigenvalue weighted by Gasteiger charge is 2.32. The monoisotopic (exact) mass is 376 g/mol. The standard InChI is InChI=1S/C21H23F3N2O/c1-3-4-5-8-17-10-11-18(9-6-7-16(2)15-25)19(14-17)27-13-12-20(26)21(22,23)24/h6-7,9-14,26H,3-4,15,25H2,1-2H3/b9-6+,13-12+,16-7+,26-20?. The minimum Gasteiger partial charge on any atom is -0.464 e. The topological polar surface area (TPSA) is 59.1 Å². The van der Waals surface area contributed by atoms with Crippen molar-refractivity contribution in [3.63, 3.8) is 0 Å². The normalized spacial score (nSPS) is 12.3. The highest BCUT2D eigenvalue weighted by molar-refractivity contribution is 5.96. The van der Waals surface area contributed by atoms with Crippen molar-refractivity contribution in [1.29, 1.82) is 5.41 Å². The van der Waals surface area contributed by atoms with Crippen molar-refractivity contribution in [2.45, 2.75) is 32.9 Å². The largest absolute Gasteiger partial charge is 0.464 e. The lowest BCUT2D eigenvalue weighted by Gasteiger charge is -2.07. The van der Waals surface area contributed by atoms with E-state index in [2.05, 4.69) is 11.8 Å². The molecule has 0 aromatic heterocycles. The Bertz CT molecular complexity index is 794. The van der Waals surface area contributed by atoms with Crippen LogP contribution in [0.25, 0.3) is 6.08 Å². The number of halogens is 3. The highest BCUT2D eigenvalue weighted by Crippen LogP contribution is 2.23. The van der Waals surface area contributed by atoms with Gasteiger partial charge in [0.1, 0.15) is 11.5 Å². The molecular formula is C21H23F3N2O. The first-order chi connectivity index (χ1) is 12.8. The fourth-order valence-corrected chi connectivity index (χ4v) is 1.80. The van der Waals surface area contributed by atoms with E-state index in [0.29, 0.717) is 29.5 Å². The van der Waals surface area contributed by atoms with E-state index in [1.807, 2.05) is 26.0 Å². The molecule has 0 aliphatic carbocycles. The van der Waals surface area contributed by atoms with Crippen LogP contribution >= 0.6 is 0 Å². The first-order valence-corrected chi connectivity index (χ1v) is 8.43. The number of rotatable bonds is 7. The molecule has 0 amide bonds. The molecule has 144 valence electrons. The summed E-state index contributed by atoms with van der Waals surface area (Å²) in [4.78, 5) is 0. The number of alkyl halides is 3. The molecule has 0 bridgehead atoms. The summed E-state index contributed by atoms with van der Waals surface area (Å²) in [6.45, 7) is 4.34. The zero-order chi connectivity index (χ0) is 20.3. The van der Waals surface area contributed by atoms with Gasteiger partial charge in [0.2, 0.25) is 0 Å². The third-order valence-electron chi connectivity index (χ3n) is 3.33. The molecule has 1 rings (SSSR count). The molecule has 1 aromatic rings. The van der Waals surface area contributed by atoms with E-state index < -0.39 is 11.9 Å². The van der Waals surface area contributed by atoms with Gasteiger partial charge in [0.25, 0.3) is 0 Å². The van der Waals surface area contributed by atoms with Gasteiger partial charge in [-0.05, 0) is 31.5 Å². The molecule has 3 N–H and O–H groups in total. The lowest BCUT2D eigenvalue weighted by atomic mass is 10.1. The number of hydrogen-bond donors (Lipinski definition) is 2. The number of allylic oxidation sites excluding steroid dienone is 3. The van der Waals surface area contributed by atoms with Crippen LogP contribution in [0.5, 0.6) is 5.75 Å². The molecular weight excluding hydrogens is 353 g/mol. The van der Waals surface area contributed by atoms with Crippen LogP contribution < -0.4 is 10.5 Å². The van der Waals surface area contributed by atoms with Gasteiger partial charge in [-0.15, -0.1) is 0 Å². The molecule has 6 heteroatoms.